The molecule has 0 radical (unpaired) electrons. The van der Waals surface area contributed by atoms with Crippen LogP contribution in [-0.2, 0) is 11.6 Å². The lowest BCUT2D eigenvalue weighted by atomic mass is 9.73. The van der Waals surface area contributed by atoms with Crippen LogP contribution in [0.4, 0.5) is 28.2 Å². The molecule has 0 bridgehead atoms. The van der Waals surface area contributed by atoms with Gasteiger partial charge >= 0.3 is 12.2 Å². The van der Waals surface area contributed by atoms with Gasteiger partial charge in [-0.05, 0) is 29.8 Å². The van der Waals surface area contributed by atoms with E-state index in [4.69, 9.17) is 5.73 Å². The van der Waals surface area contributed by atoms with Crippen molar-refractivity contribution in [3.8, 4) is 0 Å². The van der Waals surface area contributed by atoms with Gasteiger partial charge < -0.3 is 16.0 Å². The van der Waals surface area contributed by atoms with Crippen molar-refractivity contribution in [1.29, 1.82) is 0 Å². The SMILES string of the molecule is NC(=O)N1CC(CNc2cccc3nc(C(F)(F)F)cn23)(c2ccc(F)cc2)C1. The van der Waals surface area contributed by atoms with Crippen molar-refractivity contribution in [1.82, 2.24) is 14.3 Å². The Morgan fingerprint density at radius 1 is 1.17 bits per heavy atom. The van der Waals surface area contributed by atoms with Crippen LogP contribution in [0.3, 0.4) is 0 Å². The van der Waals surface area contributed by atoms with Gasteiger partial charge in [-0.2, -0.15) is 13.2 Å². The van der Waals surface area contributed by atoms with Crippen LogP contribution >= 0.6 is 0 Å². The number of imidazole rings is 1. The fraction of sp³-hybridized carbons (Fsp3) is 0.263. The number of benzene rings is 1. The van der Waals surface area contributed by atoms with Crippen molar-refractivity contribution >= 4 is 17.5 Å². The summed E-state index contributed by atoms with van der Waals surface area (Å²) in [6.45, 7) is 0.935. The zero-order valence-electron chi connectivity index (χ0n) is 15.1. The van der Waals surface area contributed by atoms with E-state index in [0.717, 1.165) is 11.8 Å². The second-order valence-corrected chi connectivity index (χ2v) is 7.10. The minimum Gasteiger partial charge on any atom is -0.370 e. The van der Waals surface area contributed by atoms with E-state index in [1.807, 2.05) is 0 Å². The second kappa shape index (κ2) is 6.64. The number of alkyl halides is 3. The number of nitrogens with one attached hydrogen (secondary N) is 1. The van der Waals surface area contributed by atoms with E-state index in [2.05, 4.69) is 10.3 Å². The monoisotopic (exact) mass is 407 g/mol. The molecule has 1 fully saturated rings. The smallest absolute Gasteiger partial charge is 0.370 e. The number of nitrogens with zero attached hydrogens (tertiary/aromatic N) is 3. The van der Waals surface area contributed by atoms with Gasteiger partial charge in [-0.3, -0.25) is 4.40 Å². The largest absolute Gasteiger partial charge is 0.434 e. The van der Waals surface area contributed by atoms with Gasteiger partial charge in [0, 0.05) is 31.2 Å². The second-order valence-electron chi connectivity index (χ2n) is 7.10. The van der Waals surface area contributed by atoms with Crippen LogP contribution in [-0.4, -0.2) is 39.9 Å². The molecule has 29 heavy (non-hydrogen) atoms. The van der Waals surface area contributed by atoms with Gasteiger partial charge in [-0.25, -0.2) is 14.2 Å². The maximum Gasteiger partial charge on any atom is 0.434 e. The summed E-state index contributed by atoms with van der Waals surface area (Å²) < 4.78 is 53.6. The molecule has 1 aliphatic heterocycles. The van der Waals surface area contributed by atoms with E-state index in [0.29, 0.717) is 25.5 Å². The zero-order valence-corrected chi connectivity index (χ0v) is 15.1. The maximum absolute atomic E-state index is 13.3. The molecule has 0 saturated carbocycles. The molecule has 2 aromatic heterocycles. The molecule has 152 valence electrons. The molecule has 6 nitrogen and oxygen atoms in total. The topological polar surface area (TPSA) is 75.7 Å². The van der Waals surface area contributed by atoms with Crippen LogP contribution in [0.25, 0.3) is 5.65 Å². The van der Waals surface area contributed by atoms with Gasteiger partial charge in [0.15, 0.2) is 5.69 Å². The molecule has 3 aromatic rings. The number of hydrogen-bond acceptors (Lipinski definition) is 3. The Labute approximate surface area is 162 Å². The van der Waals surface area contributed by atoms with Crippen molar-refractivity contribution < 1.29 is 22.4 Å². The number of fused-ring (bicyclic) bond motifs is 1. The van der Waals surface area contributed by atoms with Crippen molar-refractivity contribution in [2.75, 3.05) is 25.0 Å². The number of hydrogen-bond donors (Lipinski definition) is 2. The maximum atomic E-state index is 13.3. The van der Waals surface area contributed by atoms with E-state index < -0.39 is 23.3 Å². The minimum absolute atomic E-state index is 0.158. The molecule has 1 saturated heterocycles. The molecule has 1 aromatic carbocycles. The number of nitrogens with two attached hydrogens (primary N) is 1. The van der Waals surface area contributed by atoms with Gasteiger partial charge in [0.05, 0.1) is 0 Å². The molecule has 3 heterocycles. The first-order chi connectivity index (χ1) is 13.7. The fourth-order valence-corrected chi connectivity index (χ4v) is 3.59. The summed E-state index contributed by atoms with van der Waals surface area (Å²) in [4.78, 5) is 16.5. The predicted octanol–water partition coefficient (Wildman–Crippen LogP) is 3.24. The molecule has 0 spiro atoms. The summed E-state index contributed by atoms with van der Waals surface area (Å²) in [6.07, 6.45) is -3.62. The average molecular weight is 407 g/mol. The van der Waals surface area contributed by atoms with Gasteiger partial charge in [-0.15, -0.1) is 0 Å². The van der Waals surface area contributed by atoms with Crippen molar-refractivity contribution in [3.05, 3.63) is 65.7 Å². The van der Waals surface area contributed by atoms with Crippen molar-refractivity contribution in [2.24, 2.45) is 5.73 Å². The fourth-order valence-electron chi connectivity index (χ4n) is 3.59. The number of amides is 2. The quantitative estimate of drug-likeness (QED) is 0.652. The van der Waals surface area contributed by atoms with Crippen LogP contribution < -0.4 is 11.1 Å². The van der Waals surface area contributed by atoms with Gasteiger partial charge in [0.1, 0.15) is 17.3 Å². The van der Waals surface area contributed by atoms with Gasteiger partial charge in [0.25, 0.3) is 0 Å². The Balaban J connectivity index is 1.62. The Morgan fingerprint density at radius 2 is 1.86 bits per heavy atom. The third-order valence-corrected chi connectivity index (χ3v) is 5.15. The van der Waals surface area contributed by atoms with E-state index in [1.54, 1.807) is 24.3 Å². The lowest BCUT2D eigenvalue weighted by Gasteiger charge is -2.50. The minimum atomic E-state index is -4.55. The Morgan fingerprint density at radius 3 is 2.48 bits per heavy atom. The zero-order chi connectivity index (χ0) is 20.8. The Kier molecular flexibility index (Phi) is 4.36. The van der Waals surface area contributed by atoms with Crippen molar-refractivity contribution in [2.45, 2.75) is 11.6 Å². The van der Waals surface area contributed by atoms with Gasteiger partial charge in [-0.1, -0.05) is 18.2 Å². The number of anilines is 1. The highest BCUT2D eigenvalue weighted by atomic mass is 19.4. The first-order valence-corrected chi connectivity index (χ1v) is 8.78. The first-order valence-electron chi connectivity index (χ1n) is 8.78. The number of aromatic nitrogens is 2. The summed E-state index contributed by atoms with van der Waals surface area (Å²) in [5.74, 6) is 0.0373. The predicted molar refractivity (Wildman–Crippen MR) is 97.9 cm³/mol. The van der Waals surface area contributed by atoms with E-state index >= 15 is 0 Å². The Bertz CT molecular complexity index is 1050. The molecule has 0 unspecified atom stereocenters. The molecule has 2 amide bonds. The molecule has 10 heteroatoms. The highest BCUT2D eigenvalue weighted by Gasteiger charge is 2.46. The standard InChI is InChI=1S/C19H17F4N5O/c20-13-6-4-12(5-7-13)18(10-27(11-18)17(24)29)9-25-15-2-1-3-16-26-14(8-28(15)16)19(21,22)23/h1-8,25H,9-11H2,(H2,24,29). The van der Waals surface area contributed by atoms with Crippen LogP contribution in [0.5, 0.6) is 0 Å². The summed E-state index contributed by atoms with van der Waals surface area (Å²) in [6, 6.07) is 10.1. The molecular weight excluding hydrogens is 390 g/mol. The first kappa shape index (κ1) is 19.0. The number of likely N-dealkylation sites (tertiary alicyclic amines) is 1. The molecule has 0 atom stereocenters. The summed E-state index contributed by atoms with van der Waals surface area (Å²) in [5.41, 5.74) is 4.77. The van der Waals surface area contributed by atoms with Crippen molar-refractivity contribution in [3.63, 3.8) is 0 Å². The summed E-state index contributed by atoms with van der Waals surface area (Å²) in [5, 5.41) is 3.15. The number of primary amides is 1. The van der Waals surface area contributed by atoms with Crippen LogP contribution in [0.1, 0.15) is 11.3 Å². The number of carbonyl (C=O) groups excluding carboxylic acids is 1. The Hall–Kier alpha value is -3.30. The number of rotatable bonds is 4. The third-order valence-electron chi connectivity index (χ3n) is 5.15. The van der Waals surface area contributed by atoms with Crippen LogP contribution in [0.15, 0.2) is 48.7 Å². The lowest BCUT2D eigenvalue weighted by molar-refractivity contribution is -0.140. The number of urea groups is 1. The van der Waals surface area contributed by atoms with Gasteiger partial charge in [0.2, 0.25) is 0 Å². The highest BCUT2D eigenvalue weighted by Crippen LogP contribution is 2.35. The molecule has 0 aliphatic carbocycles. The molecular formula is C19H17F4N5O. The molecule has 3 N–H and O–H groups in total. The number of halogens is 4. The van der Waals surface area contributed by atoms with E-state index in [1.165, 1.54) is 27.5 Å². The lowest BCUT2D eigenvalue weighted by Crippen LogP contribution is -2.65. The summed E-state index contributed by atoms with van der Waals surface area (Å²) >= 11 is 0. The van der Waals surface area contributed by atoms with Crippen LogP contribution in [0, 0.1) is 5.82 Å². The highest BCUT2D eigenvalue weighted by molar-refractivity contribution is 5.74. The summed E-state index contributed by atoms with van der Waals surface area (Å²) in [7, 11) is 0. The average Bonchev–Trinajstić information content (AvgIpc) is 3.07. The normalized spacial score (nSPS) is 15.9. The molecule has 1 aliphatic rings. The third kappa shape index (κ3) is 3.45. The van der Waals surface area contributed by atoms with Crippen LogP contribution in [0.2, 0.25) is 0 Å². The number of pyridine rings is 1. The van der Waals surface area contributed by atoms with E-state index in [-0.39, 0.29) is 11.5 Å². The van der Waals surface area contributed by atoms with E-state index in [9.17, 15) is 22.4 Å². The molecule has 4 rings (SSSR count). The number of carbonyl (C=O) groups is 1.